The first-order valence-electron chi connectivity index (χ1n) is 11.0. The Labute approximate surface area is 188 Å². The Kier molecular flexibility index (Phi) is 6.55. The number of aromatic nitrogens is 2. The van der Waals surface area contributed by atoms with Crippen LogP contribution in [0.1, 0.15) is 46.2 Å². The van der Waals surface area contributed by atoms with Gasteiger partial charge in [0.25, 0.3) is 5.91 Å². The number of hydrogen-bond donors (Lipinski definition) is 1. The van der Waals surface area contributed by atoms with E-state index in [1.807, 2.05) is 32.0 Å². The Bertz CT molecular complexity index is 1090. The lowest BCUT2D eigenvalue weighted by Crippen LogP contribution is -2.37. The first kappa shape index (κ1) is 22.0. The normalized spacial score (nSPS) is 15.0. The number of nitrogens with zero attached hydrogens (tertiary/aromatic N) is 3. The molecular weight excluding hydrogens is 407 g/mol. The number of nitrogens with one attached hydrogen (secondary N) is 1. The lowest BCUT2D eigenvalue weighted by Gasteiger charge is -2.28. The quantitative estimate of drug-likeness (QED) is 0.603. The minimum absolute atomic E-state index is 0.0734. The third-order valence-corrected chi connectivity index (χ3v) is 6.11. The molecule has 168 valence electrons. The van der Waals surface area contributed by atoms with E-state index in [1.54, 1.807) is 23.9 Å². The van der Waals surface area contributed by atoms with E-state index in [9.17, 15) is 9.18 Å². The molecule has 3 aromatic rings. The van der Waals surface area contributed by atoms with Crippen LogP contribution in [-0.2, 0) is 0 Å². The average molecular weight is 437 g/mol. The molecule has 32 heavy (non-hydrogen) atoms. The summed E-state index contributed by atoms with van der Waals surface area (Å²) in [5.41, 5.74) is 3.77. The minimum atomic E-state index is -0.307. The summed E-state index contributed by atoms with van der Waals surface area (Å²) in [7, 11) is 1.66. The zero-order valence-electron chi connectivity index (χ0n) is 18.8. The monoisotopic (exact) mass is 436 g/mol. The Balaban J connectivity index is 1.55. The van der Waals surface area contributed by atoms with Gasteiger partial charge in [-0.25, -0.2) is 9.07 Å². The number of carbonyl (C=O) groups excluding carboxylic acids is 1. The topological polar surface area (TPSA) is 59.4 Å². The zero-order chi connectivity index (χ0) is 22.7. The first-order valence-corrected chi connectivity index (χ1v) is 11.0. The molecular formula is C25H29FN4O2. The molecule has 1 aliphatic rings. The summed E-state index contributed by atoms with van der Waals surface area (Å²) in [4.78, 5) is 15.6. The van der Waals surface area contributed by atoms with Crippen molar-refractivity contribution < 1.29 is 13.9 Å². The number of hydrogen-bond acceptors (Lipinski definition) is 4. The van der Waals surface area contributed by atoms with Crippen LogP contribution in [0.5, 0.6) is 5.75 Å². The van der Waals surface area contributed by atoms with Gasteiger partial charge >= 0.3 is 0 Å². The predicted octanol–water partition coefficient (Wildman–Crippen LogP) is 4.20. The van der Waals surface area contributed by atoms with E-state index in [1.165, 1.54) is 12.1 Å². The fourth-order valence-corrected chi connectivity index (χ4v) is 4.44. The highest BCUT2D eigenvalue weighted by molar-refractivity contribution is 5.96. The fraction of sp³-hybridized carbons (Fsp3) is 0.360. The number of halogens is 1. The van der Waals surface area contributed by atoms with Gasteiger partial charge in [-0.15, -0.1) is 0 Å². The number of benzene rings is 2. The summed E-state index contributed by atoms with van der Waals surface area (Å²) >= 11 is 0. The van der Waals surface area contributed by atoms with Crippen LogP contribution in [-0.4, -0.2) is 47.3 Å². The van der Waals surface area contributed by atoms with Gasteiger partial charge in [-0.05, 0) is 81.7 Å². The largest absolute Gasteiger partial charge is 0.497 e. The van der Waals surface area contributed by atoms with Crippen LogP contribution in [0.25, 0.3) is 5.69 Å². The molecule has 0 aliphatic carbocycles. The molecule has 2 aromatic carbocycles. The van der Waals surface area contributed by atoms with Gasteiger partial charge in [-0.2, -0.15) is 5.10 Å². The molecule has 0 spiro atoms. The van der Waals surface area contributed by atoms with Crippen molar-refractivity contribution in [3.63, 3.8) is 0 Å². The van der Waals surface area contributed by atoms with E-state index in [-0.39, 0.29) is 17.8 Å². The van der Waals surface area contributed by atoms with Crippen molar-refractivity contribution in [3.05, 3.63) is 76.9 Å². The van der Waals surface area contributed by atoms with Crippen molar-refractivity contribution in [1.29, 1.82) is 0 Å². The standard InChI is InChI=1S/C25H29FN4O2/c1-17-24(18(2)30(28-17)21-11-9-20(26)10-12-21)25(31)27-16-23(29-13-4-5-14-29)19-7-6-8-22(15-19)32-3/h6-12,15,23H,4-5,13-14,16H2,1-3H3,(H,27,31). The van der Waals surface area contributed by atoms with Gasteiger partial charge in [0.2, 0.25) is 0 Å². The third-order valence-electron chi connectivity index (χ3n) is 6.11. The highest BCUT2D eigenvalue weighted by atomic mass is 19.1. The van der Waals surface area contributed by atoms with E-state index in [4.69, 9.17) is 4.74 Å². The van der Waals surface area contributed by atoms with Crippen molar-refractivity contribution in [2.45, 2.75) is 32.7 Å². The molecule has 1 saturated heterocycles. The summed E-state index contributed by atoms with van der Waals surface area (Å²) in [6, 6.07) is 14.2. The van der Waals surface area contributed by atoms with E-state index >= 15 is 0 Å². The number of methoxy groups -OCH3 is 1. The minimum Gasteiger partial charge on any atom is -0.497 e. The molecule has 7 heteroatoms. The fourth-order valence-electron chi connectivity index (χ4n) is 4.44. The third kappa shape index (κ3) is 4.53. The van der Waals surface area contributed by atoms with Gasteiger partial charge < -0.3 is 10.1 Å². The molecule has 1 N–H and O–H groups in total. The zero-order valence-corrected chi connectivity index (χ0v) is 18.8. The lowest BCUT2D eigenvalue weighted by molar-refractivity contribution is 0.0936. The Morgan fingerprint density at radius 1 is 1.16 bits per heavy atom. The molecule has 2 heterocycles. The van der Waals surface area contributed by atoms with E-state index < -0.39 is 0 Å². The number of amides is 1. The van der Waals surface area contributed by atoms with Crippen LogP contribution in [0.4, 0.5) is 4.39 Å². The predicted molar refractivity (Wildman–Crippen MR) is 122 cm³/mol. The maximum Gasteiger partial charge on any atom is 0.255 e. The SMILES string of the molecule is COc1cccc(C(CNC(=O)c2c(C)nn(-c3ccc(F)cc3)c2C)N2CCCC2)c1. The van der Waals surface area contributed by atoms with Gasteiger partial charge in [0.15, 0.2) is 0 Å². The molecule has 1 amide bonds. The number of aryl methyl sites for hydroxylation is 1. The maximum atomic E-state index is 13.3. The highest BCUT2D eigenvalue weighted by Gasteiger charge is 2.26. The van der Waals surface area contributed by atoms with Crippen LogP contribution in [0.15, 0.2) is 48.5 Å². The molecule has 1 unspecified atom stereocenters. The van der Waals surface area contributed by atoms with Crippen molar-refractivity contribution in [3.8, 4) is 11.4 Å². The van der Waals surface area contributed by atoms with Gasteiger partial charge in [0, 0.05) is 6.54 Å². The Morgan fingerprint density at radius 3 is 2.56 bits per heavy atom. The van der Waals surface area contributed by atoms with Crippen LogP contribution in [0.2, 0.25) is 0 Å². The van der Waals surface area contributed by atoms with Crippen molar-refractivity contribution >= 4 is 5.91 Å². The van der Waals surface area contributed by atoms with Crippen LogP contribution >= 0.6 is 0 Å². The summed E-state index contributed by atoms with van der Waals surface area (Å²) in [5.74, 6) is 0.351. The number of likely N-dealkylation sites (tertiary alicyclic amines) is 1. The number of carbonyl (C=O) groups is 1. The van der Waals surface area contributed by atoms with E-state index in [0.717, 1.165) is 48.6 Å². The van der Waals surface area contributed by atoms with Gasteiger partial charge in [0.1, 0.15) is 11.6 Å². The summed E-state index contributed by atoms with van der Waals surface area (Å²) < 4.78 is 20.4. The van der Waals surface area contributed by atoms with Gasteiger partial charge in [-0.1, -0.05) is 12.1 Å². The average Bonchev–Trinajstić information content (AvgIpc) is 3.42. The van der Waals surface area contributed by atoms with Gasteiger partial charge in [0.05, 0.1) is 35.8 Å². The Morgan fingerprint density at radius 2 is 1.88 bits per heavy atom. The molecule has 1 aromatic heterocycles. The molecule has 0 saturated carbocycles. The molecule has 1 aliphatic heterocycles. The second-order valence-electron chi connectivity index (χ2n) is 8.18. The van der Waals surface area contributed by atoms with Crippen molar-refractivity contribution in [2.75, 3.05) is 26.7 Å². The van der Waals surface area contributed by atoms with Crippen molar-refractivity contribution in [1.82, 2.24) is 20.0 Å². The van der Waals surface area contributed by atoms with Crippen LogP contribution in [0, 0.1) is 19.7 Å². The lowest BCUT2D eigenvalue weighted by atomic mass is 10.0. The Hall–Kier alpha value is -3.19. The van der Waals surface area contributed by atoms with Gasteiger partial charge in [-0.3, -0.25) is 9.69 Å². The molecule has 4 rings (SSSR count). The molecule has 1 atom stereocenters. The first-order chi connectivity index (χ1) is 15.5. The van der Waals surface area contributed by atoms with Crippen LogP contribution in [0.3, 0.4) is 0 Å². The second-order valence-corrected chi connectivity index (χ2v) is 8.18. The van der Waals surface area contributed by atoms with Crippen molar-refractivity contribution in [2.24, 2.45) is 0 Å². The van der Waals surface area contributed by atoms with E-state index in [0.29, 0.717) is 17.8 Å². The molecule has 6 nitrogen and oxygen atoms in total. The molecule has 1 fully saturated rings. The maximum absolute atomic E-state index is 13.3. The number of ether oxygens (including phenoxy) is 1. The summed E-state index contributed by atoms with van der Waals surface area (Å²) in [6.45, 7) is 6.20. The smallest absolute Gasteiger partial charge is 0.255 e. The van der Waals surface area contributed by atoms with Crippen LogP contribution < -0.4 is 10.1 Å². The molecule has 0 bridgehead atoms. The number of rotatable bonds is 7. The second kappa shape index (κ2) is 9.53. The molecule has 0 radical (unpaired) electrons. The summed E-state index contributed by atoms with van der Waals surface area (Å²) in [6.07, 6.45) is 2.33. The highest BCUT2D eigenvalue weighted by Crippen LogP contribution is 2.27. The van der Waals surface area contributed by atoms with E-state index in [2.05, 4.69) is 21.4 Å². The summed E-state index contributed by atoms with van der Waals surface area (Å²) in [5, 5.41) is 7.66.